The second-order valence-corrected chi connectivity index (χ2v) is 17.4. The molecule has 2 amide bonds. The summed E-state index contributed by atoms with van der Waals surface area (Å²) in [5, 5.41) is 9.87. The van der Waals surface area contributed by atoms with E-state index >= 15 is 0 Å². The van der Waals surface area contributed by atoms with Crippen molar-refractivity contribution in [3.05, 3.63) is 47.4 Å². The second-order valence-electron chi connectivity index (χ2n) is 16.6. The summed E-state index contributed by atoms with van der Waals surface area (Å²) in [7, 11) is 0. The van der Waals surface area contributed by atoms with E-state index in [1.165, 1.54) is 11.3 Å². The quantitative estimate of drug-likeness (QED) is 0.217. The molecule has 4 heterocycles. The first-order valence-corrected chi connectivity index (χ1v) is 21.1. The highest BCUT2D eigenvalue weighted by molar-refractivity contribution is 7.14. The maximum atomic E-state index is 14.7. The number of alkyl carbamates (subject to hydrolysis) is 1. The Morgan fingerprint density at radius 3 is 2.56 bits per heavy atom. The number of ketones is 2. The number of hydrogen-bond acceptors (Lipinski definition) is 10. The van der Waals surface area contributed by atoms with Gasteiger partial charge in [0.05, 0.1) is 23.8 Å². The molecule has 12 heteroatoms. The van der Waals surface area contributed by atoms with Gasteiger partial charge >= 0.3 is 6.09 Å². The van der Waals surface area contributed by atoms with Crippen LogP contribution in [0.1, 0.15) is 104 Å². The zero-order chi connectivity index (χ0) is 38.9. The van der Waals surface area contributed by atoms with Crippen molar-refractivity contribution in [2.45, 2.75) is 136 Å². The van der Waals surface area contributed by atoms with Crippen molar-refractivity contribution in [3.63, 3.8) is 0 Å². The fourth-order valence-electron chi connectivity index (χ4n) is 8.78. The lowest BCUT2D eigenvalue weighted by molar-refractivity contribution is -0.141. The predicted molar refractivity (Wildman–Crippen MR) is 214 cm³/mol. The van der Waals surface area contributed by atoms with Gasteiger partial charge in [-0.15, -0.1) is 11.3 Å². The normalized spacial score (nSPS) is 28.3. The highest BCUT2D eigenvalue weighted by atomic mass is 32.1. The average Bonchev–Trinajstić information content (AvgIpc) is 3.49. The molecule has 294 valence electrons. The average molecular weight is 770 g/mol. The number of nitrogens with one attached hydrogen (secondary N) is 2. The predicted octanol–water partition coefficient (Wildman–Crippen LogP) is 8.19. The van der Waals surface area contributed by atoms with E-state index in [2.05, 4.69) is 36.6 Å². The first kappa shape index (κ1) is 38.9. The van der Waals surface area contributed by atoms with Crippen LogP contribution in [-0.4, -0.2) is 75.3 Å². The third kappa shape index (κ3) is 8.59. The molecular weight excluding hydrogens is 715 g/mol. The molecule has 3 aromatic rings. The van der Waals surface area contributed by atoms with Gasteiger partial charge < -0.3 is 25.0 Å². The van der Waals surface area contributed by atoms with E-state index in [-0.39, 0.29) is 48.5 Å². The van der Waals surface area contributed by atoms with E-state index in [0.717, 1.165) is 78.7 Å². The number of Topliss-reactive ketones (excluding diaryl/α,β-unsaturated/α-hetero) is 2. The molecule has 2 N–H and O–H groups in total. The molecule has 6 atom stereocenters. The molecule has 7 rings (SSSR count). The van der Waals surface area contributed by atoms with Gasteiger partial charge in [0.2, 0.25) is 5.91 Å². The van der Waals surface area contributed by atoms with Crippen molar-refractivity contribution < 1.29 is 28.7 Å². The number of carbonyl (C=O) groups is 4. The number of aryl methyl sites for hydroxylation is 1. The number of anilines is 1. The van der Waals surface area contributed by atoms with Crippen LogP contribution in [0, 0.1) is 24.2 Å². The van der Waals surface area contributed by atoms with E-state index in [4.69, 9.17) is 19.4 Å². The summed E-state index contributed by atoms with van der Waals surface area (Å²) in [5.74, 6) is -0.269. The Morgan fingerprint density at radius 1 is 1.02 bits per heavy atom. The molecule has 1 saturated heterocycles. The van der Waals surface area contributed by atoms with Gasteiger partial charge in [0.15, 0.2) is 10.9 Å². The highest BCUT2D eigenvalue weighted by Gasteiger charge is 2.59. The van der Waals surface area contributed by atoms with Crippen molar-refractivity contribution in [2.75, 3.05) is 11.9 Å². The van der Waals surface area contributed by atoms with Crippen LogP contribution in [0.25, 0.3) is 22.3 Å². The number of fused-ring (bicyclic) bond motifs is 3. The Kier molecular flexibility index (Phi) is 11.6. The number of amides is 2. The minimum absolute atomic E-state index is 0.00483. The van der Waals surface area contributed by atoms with Gasteiger partial charge in [-0.3, -0.25) is 14.4 Å². The fourth-order valence-corrected chi connectivity index (χ4v) is 9.63. The van der Waals surface area contributed by atoms with Crippen molar-refractivity contribution in [3.8, 4) is 17.1 Å². The number of hydrogen-bond donors (Lipinski definition) is 2. The van der Waals surface area contributed by atoms with Crippen LogP contribution >= 0.6 is 11.3 Å². The van der Waals surface area contributed by atoms with Crippen molar-refractivity contribution in [1.82, 2.24) is 20.2 Å². The number of ether oxygens (including phenoxy) is 2. The number of carbonyl (C=O) groups excluding carboxylic acids is 4. The van der Waals surface area contributed by atoms with E-state index in [0.29, 0.717) is 24.3 Å². The summed E-state index contributed by atoms with van der Waals surface area (Å²) in [6, 6.07) is 6.45. The second kappa shape index (κ2) is 16.4. The van der Waals surface area contributed by atoms with Crippen LogP contribution in [0.2, 0.25) is 0 Å². The maximum Gasteiger partial charge on any atom is 0.408 e. The molecule has 55 heavy (non-hydrogen) atoms. The summed E-state index contributed by atoms with van der Waals surface area (Å²) < 4.78 is 12.7. The molecule has 2 aliphatic heterocycles. The molecule has 0 radical (unpaired) electrons. The van der Waals surface area contributed by atoms with E-state index in [1.54, 1.807) is 11.8 Å². The van der Waals surface area contributed by atoms with Gasteiger partial charge in [-0.25, -0.2) is 14.8 Å². The summed E-state index contributed by atoms with van der Waals surface area (Å²) in [6.45, 7) is 9.83. The smallest absolute Gasteiger partial charge is 0.408 e. The zero-order valence-electron chi connectivity index (χ0n) is 32.8. The minimum atomic E-state index is -0.860. The van der Waals surface area contributed by atoms with Crippen molar-refractivity contribution in [2.24, 2.45) is 17.3 Å². The Hall–Kier alpha value is -4.32. The lowest BCUT2D eigenvalue weighted by Crippen LogP contribution is -2.53. The molecular formula is C43H55N5O6S. The summed E-state index contributed by atoms with van der Waals surface area (Å²) >= 11 is 1.51. The molecule has 11 nitrogen and oxygen atoms in total. The van der Waals surface area contributed by atoms with Gasteiger partial charge in [0.25, 0.3) is 0 Å². The number of nitrogens with zero attached hydrogens (tertiary/aromatic N) is 3. The van der Waals surface area contributed by atoms with Crippen molar-refractivity contribution in [1.29, 1.82) is 0 Å². The van der Waals surface area contributed by atoms with E-state index < -0.39 is 35.6 Å². The molecule has 2 aromatic heterocycles. The largest absolute Gasteiger partial charge is 0.487 e. The molecule has 0 bridgehead atoms. The summed E-state index contributed by atoms with van der Waals surface area (Å²) in [5.41, 5.74) is 2.44. The van der Waals surface area contributed by atoms with Gasteiger partial charge in [0, 0.05) is 40.6 Å². The van der Waals surface area contributed by atoms with Crippen LogP contribution in [0.5, 0.6) is 5.75 Å². The number of benzene rings is 1. The van der Waals surface area contributed by atoms with Gasteiger partial charge in [-0.05, 0) is 103 Å². The Balaban J connectivity index is 1.22. The van der Waals surface area contributed by atoms with E-state index in [1.807, 2.05) is 43.5 Å². The summed E-state index contributed by atoms with van der Waals surface area (Å²) in [4.78, 5) is 67.1. The minimum Gasteiger partial charge on any atom is -0.487 e. The molecule has 1 aromatic carbocycles. The van der Waals surface area contributed by atoms with Gasteiger partial charge in [-0.2, -0.15) is 0 Å². The zero-order valence-corrected chi connectivity index (χ0v) is 33.6. The van der Waals surface area contributed by atoms with Crippen LogP contribution < -0.4 is 15.4 Å². The Bertz CT molecular complexity index is 1950. The number of pyridine rings is 1. The monoisotopic (exact) mass is 769 g/mol. The maximum absolute atomic E-state index is 14.7. The molecule has 2 aliphatic carbocycles. The third-order valence-electron chi connectivity index (χ3n) is 12.0. The number of allylic oxidation sites excluding steroid dienone is 2. The van der Waals surface area contributed by atoms with Crippen molar-refractivity contribution >= 4 is 50.9 Å². The molecule has 4 aliphatic rings. The molecule has 2 saturated carbocycles. The summed E-state index contributed by atoms with van der Waals surface area (Å²) in [6.07, 6.45) is 11.1. The first-order chi connectivity index (χ1) is 26.4. The molecule has 3 fully saturated rings. The third-order valence-corrected chi connectivity index (χ3v) is 12.8. The molecule has 0 unspecified atom stereocenters. The fraction of sp³-hybridized carbons (Fsp3) is 0.581. The Labute approximate surface area is 328 Å². The van der Waals surface area contributed by atoms with Crippen LogP contribution in [0.4, 0.5) is 9.93 Å². The lowest BCUT2D eigenvalue weighted by Gasteiger charge is -2.30. The van der Waals surface area contributed by atoms with Crippen LogP contribution in [-0.2, 0) is 19.1 Å². The number of thiazole rings is 1. The first-order valence-electron chi connectivity index (χ1n) is 20.2. The standard InChI is InChI=1S/C43H55N5O6S/c1-25(2)44-41-46-35(24-55-41)34-20-37(31-18-17-26(3)19-33(31)45-34)54-38-23-48-39(27(38)4)36(50)22-43(28(5)49)21-29(43)13-9-7-6-8-10-16-32(40(48)51)47-42(52)53-30-14-11-12-15-30/h9,13,17-20,24-25,27,29-30,32,38-39H,6-8,10-12,14-16,21-23H2,1-5H3,(H,44,46)(H,47,52)/b13-9-/t27-,29+,32-,38-,39-,43-/m0/s1. The topological polar surface area (TPSA) is 140 Å². The van der Waals surface area contributed by atoms with Crippen LogP contribution in [0.3, 0.4) is 0 Å². The number of aromatic nitrogens is 2. The van der Waals surface area contributed by atoms with Gasteiger partial charge in [-0.1, -0.05) is 38.0 Å². The SMILES string of the molecule is CC(=O)[C@]12CC(=O)[C@@H]3[C@@H](C)[C@@H](Oc4cc(-c5csc(NC(C)C)n5)nc5cc(C)ccc45)CN3C(=O)[C@@H](NC(=O)OC3CCCC3)CCCCC/C=C\[C@@H]1C2. The Morgan fingerprint density at radius 2 is 1.80 bits per heavy atom. The van der Waals surface area contributed by atoms with Gasteiger partial charge in [0.1, 0.15) is 35.5 Å². The van der Waals surface area contributed by atoms with Crippen LogP contribution in [0.15, 0.2) is 41.8 Å². The lowest BCUT2D eigenvalue weighted by atomic mass is 9.86. The highest BCUT2D eigenvalue weighted by Crippen LogP contribution is 2.57. The van der Waals surface area contributed by atoms with E-state index in [9.17, 15) is 19.2 Å². The molecule has 0 spiro atoms. The number of rotatable bonds is 8.